The Morgan fingerprint density at radius 1 is 1.38 bits per heavy atom. The molecule has 1 aliphatic heterocycles. The second-order valence-corrected chi connectivity index (χ2v) is 4.86. The van der Waals surface area contributed by atoms with Crippen LogP contribution < -0.4 is 10.6 Å². The second-order valence-electron chi connectivity index (χ2n) is 3.95. The Balaban J connectivity index is 1.69. The molecule has 2 N–H and O–H groups in total. The number of hydrogen-bond donors (Lipinski definition) is 2. The third kappa shape index (κ3) is 3.77. The number of nitrogens with one attached hydrogen (secondary N) is 2. The van der Waals surface area contributed by atoms with Crippen LogP contribution in [-0.2, 0) is 4.74 Å². The summed E-state index contributed by atoms with van der Waals surface area (Å²) < 4.78 is 6.52. The predicted octanol–water partition coefficient (Wildman–Crippen LogP) is 2.24. The van der Waals surface area contributed by atoms with Crippen molar-refractivity contribution in [2.75, 3.05) is 31.6 Å². The van der Waals surface area contributed by atoms with Crippen LogP contribution in [0.4, 0.5) is 5.69 Å². The van der Waals surface area contributed by atoms with E-state index in [0.29, 0.717) is 6.04 Å². The van der Waals surface area contributed by atoms with Gasteiger partial charge in [-0.2, -0.15) is 0 Å². The first kappa shape index (κ1) is 11.9. The Morgan fingerprint density at radius 3 is 2.88 bits per heavy atom. The fraction of sp³-hybridized carbons (Fsp3) is 0.500. The van der Waals surface area contributed by atoms with Crippen LogP contribution in [-0.4, -0.2) is 32.3 Å². The van der Waals surface area contributed by atoms with Crippen molar-refractivity contribution in [3.63, 3.8) is 0 Å². The van der Waals surface area contributed by atoms with E-state index in [0.717, 1.165) is 37.2 Å². The Morgan fingerprint density at radius 2 is 2.19 bits per heavy atom. The minimum Gasteiger partial charge on any atom is -0.385 e. The molecule has 0 aromatic heterocycles. The van der Waals surface area contributed by atoms with Crippen molar-refractivity contribution in [2.24, 2.45) is 0 Å². The minimum absolute atomic E-state index is 0.497. The fourth-order valence-corrected chi connectivity index (χ4v) is 2.03. The molecule has 0 spiro atoms. The van der Waals surface area contributed by atoms with Gasteiger partial charge in [0.15, 0.2) is 0 Å². The SMILES string of the molecule is Brc1ccc(NCCC2COCCN2)cc1. The third-order valence-corrected chi connectivity index (χ3v) is 3.19. The summed E-state index contributed by atoms with van der Waals surface area (Å²) in [7, 11) is 0. The van der Waals surface area contributed by atoms with Crippen LogP contribution in [0.25, 0.3) is 0 Å². The summed E-state index contributed by atoms with van der Waals surface area (Å²) >= 11 is 3.42. The van der Waals surface area contributed by atoms with E-state index in [9.17, 15) is 0 Å². The molecular formula is C12H17BrN2O. The summed E-state index contributed by atoms with van der Waals surface area (Å²) in [4.78, 5) is 0. The molecule has 1 aromatic rings. The molecule has 4 heteroatoms. The summed E-state index contributed by atoms with van der Waals surface area (Å²) in [6.07, 6.45) is 1.09. The monoisotopic (exact) mass is 284 g/mol. The molecule has 1 aromatic carbocycles. The first-order chi connectivity index (χ1) is 7.84. The van der Waals surface area contributed by atoms with Gasteiger partial charge in [-0.3, -0.25) is 0 Å². The Bertz CT molecular complexity index is 309. The molecule has 0 aliphatic carbocycles. The number of halogens is 1. The first-order valence-electron chi connectivity index (χ1n) is 5.65. The van der Waals surface area contributed by atoms with E-state index in [4.69, 9.17) is 4.74 Å². The highest BCUT2D eigenvalue weighted by Gasteiger charge is 2.11. The van der Waals surface area contributed by atoms with Crippen molar-refractivity contribution >= 4 is 21.6 Å². The van der Waals surface area contributed by atoms with Crippen LogP contribution in [0.2, 0.25) is 0 Å². The zero-order chi connectivity index (χ0) is 11.2. The molecule has 0 amide bonds. The van der Waals surface area contributed by atoms with Crippen molar-refractivity contribution in [3.8, 4) is 0 Å². The Kier molecular flexibility index (Phi) is 4.63. The molecule has 1 aliphatic rings. The quantitative estimate of drug-likeness (QED) is 0.890. The largest absolute Gasteiger partial charge is 0.385 e. The van der Waals surface area contributed by atoms with Gasteiger partial charge in [0.25, 0.3) is 0 Å². The van der Waals surface area contributed by atoms with Gasteiger partial charge in [0.05, 0.1) is 13.2 Å². The van der Waals surface area contributed by atoms with Gasteiger partial charge in [-0.15, -0.1) is 0 Å². The zero-order valence-corrected chi connectivity index (χ0v) is 10.8. The minimum atomic E-state index is 0.497. The van der Waals surface area contributed by atoms with Gasteiger partial charge in [-0.25, -0.2) is 0 Å². The summed E-state index contributed by atoms with van der Waals surface area (Å²) in [5.41, 5.74) is 1.17. The van der Waals surface area contributed by atoms with Crippen LogP contribution in [0.1, 0.15) is 6.42 Å². The maximum absolute atomic E-state index is 5.40. The lowest BCUT2D eigenvalue weighted by Gasteiger charge is -2.23. The van der Waals surface area contributed by atoms with E-state index < -0.39 is 0 Å². The number of morpholine rings is 1. The highest BCUT2D eigenvalue weighted by atomic mass is 79.9. The zero-order valence-electron chi connectivity index (χ0n) is 9.21. The number of anilines is 1. The molecule has 1 fully saturated rings. The first-order valence-corrected chi connectivity index (χ1v) is 6.44. The normalized spacial score (nSPS) is 20.7. The highest BCUT2D eigenvalue weighted by Crippen LogP contribution is 2.14. The summed E-state index contributed by atoms with van der Waals surface area (Å²) in [5.74, 6) is 0. The average molecular weight is 285 g/mol. The number of rotatable bonds is 4. The molecule has 1 heterocycles. The van der Waals surface area contributed by atoms with Crippen molar-refractivity contribution < 1.29 is 4.74 Å². The van der Waals surface area contributed by atoms with Crippen LogP contribution in [0.15, 0.2) is 28.7 Å². The lowest BCUT2D eigenvalue weighted by atomic mass is 10.2. The standard InChI is InChI=1S/C12H17BrN2O/c13-10-1-3-11(4-2-10)14-6-5-12-9-16-8-7-15-12/h1-4,12,14-15H,5-9H2. The van der Waals surface area contributed by atoms with Crippen molar-refractivity contribution in [3.05, 3.63) is 28.7 Å². The van der Waals surface area contributed by atoms with E-state index in [2.05, 4.69) is 38.7 Å². The van der Waals surface area contributed by atoms with Gasteiger partial charge in [0.1, 0.15) is 0 Å². The van der Waals surface area contributed by atoms with Gasteiger partial charge in [-0.05, 0) is 30.7 Å². The molecule has 1 saturated heterocycles. The van der Waals surface area contributed by atoms with Gasteiger partial charge in [0, 0.05) is 29.3 Å². The van der Waals surface area contributed by atoms with Crippen molar-refractivity contribution in [1.82, 2.24) is 5.32 Å². The Hall–Kier alpha value is -0.580. The number of benzene rings is 1. The fourth-order valence-electron chi connectivity index (χ4n) is 1.76. The topological polar surface area (TPSA) is 33.3 Å². The van der Waals surface area contributed by atoms with Crippen LogP contribution in [0.3, 0.4) is 0 Å². The van der Waals surface area contributed by atoms with Gasteiger partial charge >= 0.3 is 0 Å². The summed E-state index contributed by atoms with van der Waals surface area (Å²) in [6.45, 7) is 3.63. The highest BCUT2D eigenvalue weighted by molar-refractivity contribution is 9.10. The smallest absolute Gasteiger partial charge is 0.0620 e. The predicted molar refractivity (Wildman–Crippen MR) is 69.9 cm³/mol. The van der Waals surface area contributed by atoms with E-state index in [1.807, 2.05) is 12.1 Å². The van der Waals surface area contributed by atoms with Crippen LogP contribution >= 0.6 is 15.9 Å². The van der Waals surface area contributed by atoms with Gasteiger partial charge < -0.3 is 15.4 Å². The maximum atomic E-state index is 5.40. The maximum Gasteiger partial charge on any atom is 0.0620 e. The molecule has 16 heavy (non-hydrogen) atoms. The summed E-state index contributed by atoms with van der Waals surface area (Å²) in [6, 6.07) is 8.75. The molecule has 2 rings (SSSR count). The van der Waals surface area contributed by atoms with Gasteiger partial charge in [-0.1, -0.05) is 15.9 Å². The third-order valence-electron chi connectivity index (χ3n) is 2.66. The van der Waals surface area contributed by atoms with Crippen LogP contribution in [0.5, 0.6) is 0 Å². The molecule has 88 valence electrons. The van der Waals surface area contributed by atoms with Crippen molar-refractivity contribution in [1.29, 1.82) is 0 Å². The van der Waals surface area contributed by atoms with E-state index in [1.54, 1.807) is 0 Å². The molecule has 0 saturated carbocycles. The van der Waals surface area contributed by atoms with E-state index in [-0.39, 0.29) is 0 Å². The van der Waals surface area contributed by atoms with Crippen molar-refractivity contribution in [2.45, 2.75) is 12.5 Å². The lowest BCUT2D eigenvalue weighted by molar-refractivity contribution is 0.0753. The Labute approximate surface area is 105 Å². The second kappa shape index (κ2) is 6.23. The molecule has 1 atom stereocenters. The molecule has 3 nitrogen and oxygen atoms in total. The molecular weight excluding hydrogens is 268 g/mol. The molecule has 1 unspecified atom stereocenters. The average Bonchev–Trinajstić information content (AvgIpc) is 2.33. The molecule has 0 bridgehead atoms. The van der Waals surface area contributed by atoms with Gasteiger partial charge in [0.2, 0.25) is 0 Å². The molecule has 0 radical (unpaired) electrons. The number of hydrogen-bond acceptors (Lipinski definition) is 3. The van der Waals surface area contributed by atoms with E-state index in [1.165, 1.54) is 5.69 Å². The lowest BCUT2D eigenvalue weighted by Crippen LogP contribution is -2.42. The van der Waals surface area contributed by atoms with Crippen LogP contribution in [0, 0.1) is 0 Å². The number of ether oxygens (including phenoxy) is 1. The summed E-state index contributed by atoms with van der Waals surface area (Å²) in [5, 5.41) is 6.84. The van der Waals surface area contributed by atoms with E-state index >= 15 is 0 Å².